The van der Waals surface area contributed by atoms with Crippen LogP contribution in [0, 0.1) is 0 Å². The third-order valence-electron chi connectivity index (χ3n) is 5.01. The first kappa shape index (κ1) is 24.4. The zero-order valence-corrected chi connectivity index (χ0v) is 20.1. The fraction of sp³-hybridized carbons (Fsp3) is 0.160. The quantitative estimate of drug-likeness (QED) is 0.279. The Bertz CT molecular complexity index is 1250. The second kappa shape index (κ2) is 11.1. The molecule has 3 aromatic carbocycles. The maximum absolute atomic E-state index is 10.7. The Morgan fingerprint density at radius 3 is 2.06 bits per heavy atom. The molecule has 182 valence electrons. The molecule has 0 saturated heterocycles. The second-order valence-corrected chi connectivity index (χ2v) is 8.36. The smallest absolute Gasteiger partial charge is 0.146 e. The van der Waals surface area contributed by atoms with Crippen molar-refractivity contribution < 1.29 is 29.9 Å². The Morgan fingerprint density at radius 2 is 1.46 bits per heavy atom. The molecule has 0 aliphatic carbocycles. The Morgan fingerprint density at radius 1 is 0.829 bits per heavy atom. The number of aromatic hydroxyl groups is 2. The number of phenols is 2. The number of ether oxygens (including phenoxy) is 2. The van der Waals surface area contributed by atoms with Crippen molar-refractivity contribution in [1.82, 2.24) is 5.43 Å². The monoisotopic (exact) mass is 541 g/mol. The number of hydrazine groups is 1. The van der Waals surface area contributed by atoms with Crippen molar-refractivity contribution in [2.24, 2.45) is 5.10 Å². The van der Waals surface area contributed by atoms with Crippen molar-refractivity contribution in [3.8, 4) is 23.0 Å². The summed E-state index contributed by atoms with van der Waals surface area (Å²) in [7, 11) is 0. The molecule has 0 saturated carbocycles. The van der Waals surface area contributed by atoms with Crippen molar-refractivity contribution in [3.63, 3.8) is 0 Å². The predicted octanol–water partition coefficient (Wildman–Crippen LogP) is 3.37. The number of hydrogen-bond acceptors (Lipinski definition) is 9. The van der Waals surface area contributed by atoms with E-state index in [-0.39, 0.29) is 37.9 Å². The Balaban J connectivity index is 1.72. The van der Waals surface area contributed by atoms with Gasteiger partial charge in [0, 0.05) is 27.7 Å². The Labute approximate surface area is 210 Å². The van der Waals surface area contributed by atoms with Gasteiger partial charge in [-0.1, -0.05) is 28.1 Å². The molecule has 0 unspecified atom stereocenters. The van der Waals surface area contributed by atoms with Gasteiger partial charge in [-0.2, -0.15) is 10.2 Å². The van der Waals surface area contributed by atoms with Gasteiger partial charge in [0.2, 0.25) is 0 Å². The number of halogens is 1. The van der Waals surface area contributed by atoms with Crippen LogP contribution in [0.1, 0.15) is 11.1 Å². The summed E-state index contributed by atoms with van der Waals surface area (Å²) in [4.78, 5) is 0. The molecular formula is C25H24BrN3O6. The number of allylic oxidation sites excluding steroid dienone is 1. The Hall–Kier alpha value is -3.73. The average Bonchev–Trinajstić information content (AvgIpc) is 2.86. The lowest BCUT2D eigenvalue weighted by Gasteiger charge is -2.28. The number of hydrogen-bond donors (Lipinski definition) is 5. The number of nitrogens with zero attached hydrogens (tertiary/aromatic N) is 2. The first-order valence-corrected chi connectivity index (χ1v) is 11.5. The third kappa shape index (κ3) is 5.86. The lowest BCUT2D eigenvalue weighted by molar-refractivity contribution is 0.201. The first-order valence-electron chi connectivity index (χ1n) is 10.7. The van der Waals surface area contributed by atoms with Gasteiger partial charge in [0.05, 0.1) is 24.6 Å². The van der Waals surface area contributed by atoms with Crippen LogP contribution < -0.4 is 20.0 Å². The van der Waals surface area contributed by atoms with Gasteiger partial charge in [-0.15, -0.1) is 0 Å². The minimum atomic E-state index is -0.140. The highest BCUT2D eigenvalue weighted by atomic mass is 79.9. The summed E-state index contributed by atoms with van der Waals surface area (Å²) >= 11 is 3.44. The number of anilines is 1. The van der Waals surface area contributed by atoms with Crippen LogP contribution in [0.5, 0.6) is 23.0 Å². The molecule has 0 atom stereocenters. The standard InChI is InChI=1S/C25H24BrN3O6/c26-17-3-1-16(2-4-17)21-15-22(20-7-5-18(13-24(20)32)34-11-9-30)28-29(27-21)23-8-6-19(14-25(23)33)35-12-10-31/h1-8,13-15,28,30-33H,9-12H2. The number of aliphatic hydroxyl groups excluding tert-OH is 2. The molecule has 0 radical (unpaired) electrons. The molecule has 35 heavy (non-hydrogen) atoms. The van der Waals surface area contributed by atoms with Crippen molar-refractivity contribution >= 4 is 33.0 Å². The molecule has 0 aromatic heterocycles. The topological polar surface area (TPSA) is 127 Å². The summed E-state index contributed by atoms with van der Waals surface area (Å²) in [6.45, 7) is -0.0506. The summed E-state index contributed by atoms with van der Waals surface area (Å²) in [5.41, 5.74) is 5.90. The fourth-order valence-corrected chi connectivity index (χ4v) is 3.65. The fourth-order valence-electron chi connectivity index (χ4n) is 3.39. The van der Waals surface area contributed by atoms with Crippen molar-refractivity contribution in [3.05, 3.63) is 82.3 Å². The zero-order chi connectivity index (χ0) is 24.8. The molecule has 9 nitrogen and oxygen atoms in total. The van der Waals surface area contributed by atoms with Gasteiger partial charge in [-0.3, -0.25) is 5.43 Å². The first-order chi connectivity index (χ1) is 17.0. The van der Waals surface area contributed by atoms with Crippen LogP contribution >= 0.6 is 15.9 Å². The van der Waals surface area contributed by atoms with E-state index in [1.165, 1.54) is 17.3 Å². The third-order valence-corrected chi connectivity index (χ3v) is 5.54. The van der Waals surface area contributed by atoms with Gasteiger partial charge in [-0.25, -0.2) is 0 Å². The van der Waals surface area contributed by atoms with E-state index in [1.807, 2.05) is 24.3 Å². The lowest BCUT2D eigenvalue weighted by atomic mass is 10.0. The number of hydrazone groups is 1. The van der Waals surface area contributed by atoms with E-state index in [1.54, 1.807) is 30.3 Å². The molecule has 3 aromatic rings. The van der Waals surface area contributed by atoms with E-state index in [9.17, 15) is 10.2 Å². The Kier molecular flexibility index (Phi) is 7.76. The van der Waals surface area contributed by atoms with Crippen molar-refractivity contribution in [2.45, 2.75) is 0 Å². The SMILES string of the molecule is OCCOc1ccc(C2=CC(c3ccc(Br)cc3)=NN(c3ccc(OCCO)cc3O)N2)c(O)c1. The molecule has 5 N–H and O–H groups in total. The molecule has 0 amide bonds. The number of nitrogens with one attached hydrogen (secondary N) is 1. The van der Waals surface area contributed by atoms with Crippen molar-refractivity contribution in [2.75, 3.05) is 31.5 Å². The average molecular weight is 542 g/mol. The molecule has 0 bridgehead atoms. The number of phenolic OH excluding ortho intramolecular Hbond substituents is 2. The van der Waals surface area contributed by atoms with Crippen LogP contribution in [-0.2, 0) is 0 Å². The molecule has 0 fully saturated rings. The largest absolute Gasteiger partial charge is 0.507 e. The number of benzene rings is 3. The van der Waals surface area contributed by atoms with Crippen LogP contribution in [0.4, 0.5) is 5.69 Å². The van der Waals surface area contributed by atoms with E-state index >= 15 is 0 Å². The normalized spacial score (nSPS) is 13.1. The zero-order valence-electron chi connectivity index (χ0n) is 18.6. The number of rotatable bonds is 9. The highest BCUT2D eigenvalue weighted by Crippen LogP contribution is 2.35. The van der Waals surface area contributed by atoms with Gasteiger partial charge in [-0.05, 0) is 42.5 Å². The molecule has 4 rings (SSSR count). The number of aliphatic hydroxyl groups is 2. The van der Waals surface area contributed by atoms with E-state index < -0.39 is 0 Å². The maximum Gasteiger partial charge on any atom is 0.146 e. The molecule has 1 aliphatic rings. The van der Waals surface area contributed by atoms with Crippen molar-refractivity contribution in [1.29, 1.82) is 0 Å². The summed E-state index contributed by atoms with van der Waals surface area (Å²) < 4.78 is 11.7. The lowest BCUT2D eigenvalue weighted by Crippen LogP contribution is -2.36. The molecule has 1 aliphatic heterocycles. The minimum absolute atomic E-state index is 0.0341. The van der Waals surface area contributed by atoms with Crippen LogP contribution in [0.2, 0.25) is 0 Å². The summed E-state index contributed by atoms with van der Waals surface area (Å²) in [5.74, 6) is 0.700. The van der Waals surface area contributed by atoms with E-state index in [2.05, 4.69) is 26.5 Å². The van der Waals surface area contributed by atoms with Gasteiger partial charge in [0.15, 0.2) is 0 Å². The second-order valence-electron chi connectivity index (χ2n) is 7.45. The molecule has 0 spiro atoms. The summed E-state index contributed by atoms with van der Waals surface area (Å²) in [5, 5.41) is 45.3. The van der Waals surface area contributed by atoms with Gasteiger partial charge in [0.25, 0.3) is 0 Å². The highest BCUT2D eigenvalue weighted by molar-refractivity contribution is 9.10. The van der Waals surface area contributed by atoms with E-state index in [0.717, 1.165) is 10.0 Å². The molecular weight excluding hydrogens is 518 g/mol. The van der Waals surface area contributed by atoms with Crippen LogP contribution in [0.15, 0.2) is 76.3 Å². The van der Waals surface area contributed by atoms with E-state index in [0.29, 0.717) is 34.2 Å². The summed E-state index contributed by atoms with van der Waals surface area (Å²) in [6, 6.07) is 17.2. The molecule has 10 heteroatoms. The van der Waals surface area contributed by atoms with Crippen LogP contribution in [0.3, 0.4) is 0 Å². The van der Waals surface area contributed by atoms with E-state index in [4.69, 9.17) is 19.7 Å². The van der Waals surface area contributed by atoms with Crippen LogP contribution in [-0.4, -0.2) is 52.6 Å². The van der Waals surface area contributed by atoms with Gasteiger partial charge >= 0.3 is 0 Å². The highest BCUT2D eigenvalue weighted by Gasteiger charge is 2.22. The van der Waals surface area contributed by atoms with Gasteiger partial charge < -0.3 is 29.9 Å². The minimum Gasteiger partial charge on any atom is -0.507 e. The van der Waals surface area contributed by atoms with Crippen LogP contribution in [0.25, 0.3) is 5.70 Å². The summed E-state index contributed by atoms with van der Waals surface area (Å²) in [6.07, 6.45) is 1.79. The van der Waals surface area contributed by atoms with Gasteiger partial charge in [0.1, 0.15) is 41.9 Å². The maximum atomic E-state index is 10.7. The molecule has 1 heterocycles. The predicted molar refractivity (Wildman–Crippen MR) is 136 cm³/mol.